The Morgan fingerprint density at radius 1 is 1.30 bits per heavy atom. The predicted octanol–water partition coefficient (Wildman–Crippen LogP) is 2.08. The van der Waals surface area contributed by atoms with Gasteiger partial charge < -0.3 is 10.1 Å². The molecular formula is C16H24N2O4S. The molecule has 128 valence electrons. The van der Waals surface area contributed by atoms with Crippen molar-refractivity contribution in [1.82, 2.24) is 4.31 Å². The number of ether oxygens (including phenoxy) is 1. The van der Waals surface area contributed by atoms with Crippen molar-refractivity contribution in [3.63, 3.8) is 0 Å². The highest BCUT2D eigenvalue weighted by atomic mass is 32.2. The lowest BCUT2D eigenvalue weighted by Gasteiger charge is -2.30. The number of anilines is 1. The minimum absolute atomic E-state index is 0.0969. The fourth-order valence-electron chi connectivity index (χ4n) is 2.59. The number of nitrogens with zero attached hydrogens (tertiary/aromatic N) is 1. The molecule has 0 radical (unpaired) electrons. The number of rotatable bonds is 5. The summed E-state index contributed by atoms with van der Waals surface area (Å²) in [5, 5.41) is 2.85. The van der Waals surface area contributed by atoms with Gasteiger partial charge in [0.15, 0.2) is 0 Å². The summed E-state index contributed by atoms with van der Waals surface area (Å²) >= 11 is 0. The molecule has 1 amide bonds. The Bertz CT molecular complexity index is 641. The number of piperidine rings is 1. The maximum absolute atomic E-state index is 12.3. The average Bonchev–Trinajstić information content (AvgIpc) is 2.48. The van der Waals surface area contributed by atoms with Crippen LogP contribution in [0.15, 0.2) is 24.3 Å². The molecule has 1 aromatic carbocycles. The second-order valence-electron chi connectivity index (χ2n) is 6.14. The SMILES string of the molecule is CC(C)Oc1ccc(NC(=O)C2CCCN(S(C)(=O)=O)C2)cc1. The van der Waals surface area contributed by atoms with Gasteiger partial charge in [-0.2, -0.15) is 0 Å². The Labute approximate surface area is 137 Å². The van der Waals surface area contributed by atoms with Crippen molar-refractivity contribution in [1.29, 1.82) is 0 Å². The third-order valence-electron chi connectivity index (χ3n) is 3.72. The lowest BCUT2D eigenvalue weighted by Crippen LogP contribution is -2.43. The van der Waals surface area contributed by atoms with E-state index in [-0.39, 0.29) is 24.5 Å². The molecule has 0 aliphatic carbocycles. The number of hydrogen-bond acceptors (Lipinski definition) is 4. The van der Waals surface area contributed by atoms with Crippen LogP contribution in [0.5, 0.6) is 5.75 Å². The summed E-state index contributed by atoms with van der Waals surface area (Å²) in [7, 11) is -3.25. The molecular weight excluding hydrogens is 316 g/mol. The molecule has 0 aromatic heterocycles. The molecule has 0 spiro atoms. The van der Waals surface area contributed by atoms with Crippen LogP contribution in [0.3, 0.4) is 0 Å². The normalized spacial score (nSPS) is 19.6. The summed E-state index contributed by atoms with van der Waals surface area (Å²) in [4.78, 5) is 12.3. The van der Waals surface area contributed by atoms with E-state index < -0.39 is 10.0 Å². The summed E-state index contributed by atoms with van der Waals surface area (Å²) < 4.78 is 30.2. The van der Waals surface area contributed by atoms with E-state index in [0.717, 1.165) is 5.75 Å². The van der Waals surface area contributed by atoms with E-state index in [1.165, 1.54) is 10.6 Å². The van der Waals surface area contributed by atoms with Crippen LogP contribution < -0.4 is 10.1 Å². The third-order valence-corrected chi connectivity index (χ3v) is 4.99. The highest BCUT2D eigenvalue weighted by Crippen LogP contribution is 2.22. The average molecular weight is 340 g/mol. The third kappa shape index (κ3) is 5.21. The Kier molecular flexibility index (Phi) is 5.64. The molecule has 1 heterocycles. The van der Waals surface area contributed by atoms with Crippen LogP contribution in [0, 0.1) is 5.92 Å². The van der Waals surface area contributed by atoms with Crippen molar-refractivity contribution in [2.24, 2.45) is 5.92 Å². The molecule has 1 atom stereocenters. The van der Waals surface area contributed by atoms with E-state index in [1.807, 2.05) is 13.8 Å². The number of hydrogen-bond donors (Lipinski definition) is 1. The van der Waals surface area contributed by atoms with Gasteiger partial charge >= 0.3 is 0 Å². The molecule has 1 aliphatic heterocycles. The minimum Gasteiger partial charge on any atom is -0.491 e. The maximum Gasteiger partial charge on any atom is 0.228 e. The summed E-state index contributed by atoms with van der Waals surface area (Å²) in [6, 6.07) is 7.18. The van der Waals surface area contributed by atoms with Crippen LogP contribution in [-0.4, -0.2) is 44.1 Å². The van der Waals surface area contributed by atoms with Crippen LogP contribution in [0.4, 0.5) is 5.69 Å². The van der Waals surface area contributed by atoms with Gasteiger partial charge in [0.1, 0.15) is 5.75 Å². The van der Waals surface area contributed by atoms with E-state index in [9.17, 15) is 13.2 Å². The van der Waals surface area contributed by atoms with Gasteiger partial charge in [0.05, 0.1) is 18.3 Å². The molecule has 1 saturated heterocycles. The molecule has 1 aromatic rings. The number of nitrogens with one attached hydrogen (secondary N) is 1. The number of carbonyl (C=O) groups excluding carboxylic acids is 1. The summed E-state index contributed by atoms with van der Waals surface area (Å²) in [6.07, 6.45) is 2.68. The molecule has 0 saturated carbocycles. The maximum atomic E-state index is 12.3. The van der Waals surface area contributed by atoms with Crippen molar-refractivity contribution in [3.8, 4) is 5.75 Å². The van der Waals surface area contributed by atoms with Crippen molar-refractivity contribution in [2.75, 3.05) is 24.7 Å². The topological polar surface area (TPSA) is 75.7 Å². The van der Waals surface area contributed by atoms with Gasteiger partial charge in [0.2, 0.25) is 15.9 Å². The lowest BCUT2D eigenvalue weighted by atomic mass is 9.99. The fraction of sp³-hybridized carbons (Fsp3) is 0.562. The minimum atomic E-state index is -3.25. The van der Waals surface area contributed by atoms with Crippen molar-refractivity contribution in [2.45, 2.75) is 32.8 Å². The zero-order chi connectivity index (χ0) is 17.0. The molecule has 6 nitrogen and oxygen atoms in total. The zero-order valence-corrected chi connectivity index (χ0v) is 14.6. The first-order valence-corrected chi connectivity index (χ1v) is 9.63. The van der Waals surface area contributed by atoms with E-state index in [1.54, 1.807) is 24.3 Å². The van der Waals surface area contributed by atoms with Crippen LogP contribution in [-0.2, 0) is 14.8 Å². The number of benzene rings is 1. The van der Waals surface area contributed by atoms with Crippen molar-refractivity contribution < 1.29 is 17.9 Å². The van der Waals surface area contributed by atoms with E-state index in [0.29, 0.717) is 25.1 Å². The monoisotopic (exact) mass is 340 g/mol. The number of sulfonamides is 1. The van der Waals surface area contributed by atoms with Gasteiger partial charge in [-0.3, -0.25) is 4.79 Å². The predicted molar refractivity (Wildman–Crippen MR) is 90.0 cm³/mol. The summed E-state index contributed by atoms with van der Waals surface area (Å²) in [6.45, 7) is 4.64. The highest BCUT2D eigenvalue weighted by molar-refractivity contribution is 7.88. The Morgan fingerprint density at radius 3 is 2.52 bits per heavy atom. The Morgan fingerprint density at radius 2 is 1.96 bits per heavy atom. The van der Waals surface area contributed by atoms with Crippen LogP contribution >= 0.6 is 0 Å². The fourth-order valence-corrected chi connectivity index (χ4v) is 3.50. The van der Waals surface area contributed by atoms with Gasteiger partial charge in [0, 0.05) is 18.8 Å². The van der Waals surface area contributed by atoms with E-state index >= 15 is 0 Å². The molecule has 1 fully saturated rings. The summed E-state index contributed by atoms with van der Waals surface area (Å²) in [5.41, 5.74) is 0.683. The zero-order valence-electron chi connectivity index (χ0n) is 13.8. The van der Waals surface area contributed by atoms with E-state index in [4.69, 9.17) is 4.74 Å². The molecule has 1 aliphatic rings. The first-order chi connectivity index (χ1) is 10.8. The Balaban J connectivity index is 1.96. The largest absolute Gasteiger partial charge is 0.491 e. The van der Waals surface area contributed by atoms with E-state index in [2.05, 4.69) is 5.32 Å². The molecule has 0 bridgehead atoms. The van der Waals surface area contributed by atoms with Crippen LogP contribution in [0.25, 0.3) is 0 Å². The second-order valence-corrected chi connectivity index (χ2v) is 8.12. The molecule has 2 rings (SSSR count). The van der Waals surface area contributed by atoms with Crippen molar-refractivity contribution >= 4 is 21.6 Å². The summed E-state index contributed by atoms with van der Waals surface area (Å²) in [5.74, 6) is 0.292. The van der Waals surface area contributed by atoms with Gasteiger partial charge in [-0.25, -0.2) is 12.7 Å². The quantitative estimate of drug-likeness (QED) is 0.890. The van der Waals surface area contributed by atoms with Gasteiger partial charge in [-0.1, -0.05) is 0 Å². The van der Waals surface area contributed by atoms with Gasteiger partial charge in [-0.15, -0.1) is 0 Å². The van der Waals surface area contributed by atoms with Crippen LogP contribution in [0.2, 0.25) is 0 Å². The molecule has 1 N–H and O–H groups in total. The number of carbonyl (C=O) groups is 1. The first kappa shape index (κ1) is 17.7. The number of amides is 1. The van der Waals surface area contributed by atoms with Gasteiger partial charge in [-0.05, 0) is 51.0 Å². The molecule has 7 heteroatoms. The smallest absolute Gasteiger partial charge is 0.228 e. The second kappa shape index (κ2) is 7.31. The molecule has 23 heavy (non-hydrogen) atoms. The van der Waals surface area contributed by atoms with Crippen LogP contribution in [0.1, 0.15) is 26.7 Å². The standard InChI is InChI=1S/C16H24N2O4S/c1-12(2)22-15-8-6-14(7-9-15)17-16(19)13-5-4-10-18(11-13)23(3,20)21/h6-9,12-13H,4-5,10-11H2,1-3H3,(H,17,19). The highest BCUT2D eigenvalue weighted by Gasteiger charge is 2.30. The van der Waals surface area contributed by atoms with Crippen molar-refractivity contribution in [3.05, 3.63) is 24.3 Å². The Hall–Kier alpha value is -1.60. The van der Waals surface area contributed by atoms with Gasteiger partial charge in [0.25, 0.3) is 0 Å². The first-order valence-electron chi connectivity index (χ1n) is 7.78. The molecule has 1 unspecified atom stereocenters. The lowest BCUT2D eigenvalue weighted by molar-refractivity contribution is -0.120.